The Bertz CT molecular complexity index is 573. The highest BCUT2D eigenvalue weighted by Gasteiger charge is 2.38. The van der Waals surface area contributed by atoms with E-state index in [0.717, 1.165) is 37.1 Å². The van der Waals surface area contributed by atoms with Crippen molar-refractivity contribution in [2.45, 2.75) is 38.5 Å². The van der Waals surface area contributed by atoms with Gasteiger partial charge in [0.1, 0.15) is 0 Å². The largest absolute Gasteiger partial charge is 0.378 e. The molecule has 2 amide bonds. The Balaban J connectivity index is 1.99. The van der Waals surface area contributed by atoms with E-state index in [2.05, 4.69) is 5.32 Å². The van der Waals surface area contributed by atoms with Crippen LogP contribution in [-0.2, 0) is 9.59 Å². The van der Waals surface area contributed by atoms with Gasteiger partial charge in [0.2, 0.25) is 11.8 Å². The van der Waals surface area contributed by atoms with E-state index in [1.165, 1.54) is 0 Å². The van der Waals surface area contributed by atoms with Crippen molar-refractivity contribution in [3.05, 3.63) is 24.3 Å². The minimum atomic E-state index is -0.172. The summed E-state index contributed by atoms with van der Waals surface area (Å²) < 4.78 is 0. The number of rotatable bonds is 6. The topological polar surface area (TPSA) is 52.7 Å². The van der Waals surface area contributed by atoms with Crippen molar-refractivity contribution in [1.29, 1.82) is 0 Å². The monoisotopic (exact) mass is 331 g/mol. The van der Waals surface area contributed by atoms with Crippen LogP contribution in [-0.4, -0.2) is 44.9 Å². The van der Waals surface area contributed by atoms with Crippen molar-refractivity contribution >= 4 is 23.2 Å². The Morgan fingerprint density at radius 3 is 2.08 bits per heavy atom. The Labute approximate surface area is 145 Å². The summed E-state index contributed by atoms with van der Waals surface area (Å²) in [7, 11) is 7.52. The van der Waals surface area contributed by atoms with Gasteiger partial charge in [0.05, 0.1) is 0 Å². The van der Waals surface area contributed by atoms with Crippen LogP contribution in [0.1, 0.15) is 38.5 Å². The number of hydrogen-bond acceptors (Lipinski definition) is 3. The van der Waals surface area contributed by atoms with Gasteiger partial charge in [0.15, 0.2) is 0 Å². The first kappa shape index (κ1) is 18.3. The van der Waals surface area contributed by atoms with Crippen LogP contribution in [0.2, 0.25) is 0 Å². The molecule has 1 aromatic carbocycles. The first-order valence-electron chi connectivity index (χ1n) is 8.59. The maximum absolute atomic E-state index is 12.5. The van der Waals surface area contributed by atoms with Crippen LogP contribution in [0.4, 0.5) is 11.4 Å². The van der Waals surface area contributed by atoms with Crippen molar-refractivity contribution in [1.82, 2.24) is 4.90 Å². The van der Waals surface area contributed by atoms with Crippen LogP contribution in [0.5, 0.6) is 0 Å². The van der Waals surface area contributed by atoms with Gasteiger partial charge in [-0.2, -0.15) is 0 Å². The number of amides is 2. The minimum absolute atomic E-state index is 0.000981. The summed E-state index contributed by atoms with van der Waals surface area (Å²) in [5, 5.41) is 2.98. The van der Waals surface area contributed by atoms with Crippen LogP contribution in [0.25, 0.3) is 0 Å². The highest BCUT2D eigenvalue weighted by Crippen LogP contribution is 2.44. The molecule has 132 valence electrons. The predicted octanol–water partition coefficient (Wildman–Crippen LogP) is 3.12. The van der Waals surface area contributed by atoms with E-state index in [0.29, 0.717) is 12.8 Å². The molecule has 0 aromatic heterocycles. The molecule has 1 fully saturated rings. The van der Waals surface area contributed by atoms with Crippen LogP contribution in [0, 0.1) is 5.41 Å². The van der Waals surface area contributed by atoms with Gasteiger partial charge >= 0.3 is 0 Å². The number of nitrogens with zero attached hydrogens (tertiary/aromatic N) is 2. The third-order valence-corrected chi connectivity index (χ3v) is 4.89. The molecular formula is C19H29N3O2. The van der Waals surface area contributed by atoms with Gasteiger partial charge in [-0.25, -0.2) is 0 Å². The third-order valence-electron chi connectivity index (χ3n) is 4.89. The van der Waals surface area contributed by atoms with Gasteiger partial charge in [-0.05, 0) is 42.5 Å². The minimum Gasteiger partial charge on any atom is -0.378 e. The van der Waals surface area contributed by atoms with E-state index in [1.54, 1.807) is 19.0 Å². The molecule has 1 saturated carbocycles. The lowest BCUT2D eigenvalue weighted by Gasteiger charge is -2.29. The number of carbonyl (C=O) groups is 2. The number of nitrogens with one attached hydrogen (secondary N) is 1. The summed E-state index contributed by atoms with van der Waals surface area (Å²) in [5.41, 5.74) is 1.73. The van der Waals surface area contributed by atoms with Crippen LogP contribution >= 0.6 is 0 Å². The molecule has 0 atom stereocenters. The first-order valence-corrected chi connectivity index (χ1v) is 8.59. The van der Waals surface area contributed by atoms with Gasteiger partial charge in [-0.1, -0.05) is 12.8 Å². The maximum Gasteiger partial charge on any atom is 0.224 e. The number of carbonyl (C=O) groups excluding carboxylic acids is 2. The zero-order valence-corrected chi connectivity index (χ0v) is 15.3. The molecular weight excluding hydrogens is 302 g/mol. The zero-order valence-electron chi connectivity index (χ0n) is 15.3. The fourth-order valence-corrected chi connectivity index (χ4v) is 3.41. The summed E-state index contributed by atoms with van der Waals surface area (Å²) in [5.74, 6) is 0.112. The van der Waals surface area contributed by atoms with Gasteiger partial charge in [-0.3, -0.25) is 9.59 Å². The molecule has 0 aliphatic heterocycles. The Hall–Kier alpha value is -2.04. The SMILES string of the molecule is CN(C)C(=O)CC1(CC(=O)Nc2ccc(N(C)C)cc2)CCCC1. The van der Waals surface area contributed by atoms with Gasteiger partial charge < -0.3 is 15.1 Å². The molecule has 2 rings (SSSR count). The van der Waals surface area contributed by atoms with Gasteiger partial charge in [-0.15, -0.1) is 0 Å². The summed E-state index contributed by atoms with van der Waals surface area (Å²) in [6, 6.07) is 7.80. The average Bonchev–Trinajstić information content (AvgIpc) is 2.95. The van der Waals surface area contributed by atoms with E-state index < -0.39 is 0 Å². The Morgan fingerprint density at radius 2 is 1.58 bits per heavy atom. The van der Waals surface area contributed by atoms with E-state index >= 15 is 0 Å². The van der Waals surface area contributed by atoms with Crippen molar-refractivity contribution < 1.29 is 9.59 Å². The average molecular weight is 331 g/mol. The molecule has 0 unspecified atom stereocenters. The molecule has 5 heteroatoms. The fourth-order valence-electron chi connectivity index (χ4n) is 3.41. The molecule has 0 heterocycles. The van der Waals surface area contributed by atoms with E-state index in [9.17, 15) is 9.59 Å². The van der Waals surface area contributed by atoms with Crippen molar-refractivity contribution in [3.8, 4) is 0 Å². The smallest absolute Gasteiger partial charge is 0.224 e. The van der Waals surface area contributed by atoms with Crippen molar-refractivity contribution in [2.75, 3.05) is 38.4 Å². The Kier molecular flexibility index (Phi) is 5.86. The summed E-state index contributed by atoms with van der Waals surface area (Å²) >= 11 is 0. The molecule has 5 nitrogen and oxygen atoms in total. The number of hydrogen-bond donors (Lipinski definition) is 1. The standard InChI is InChI=1S/C19H29N3O2/c1-21(2)16-9-7-15(8-10-16)20-17(23)13-19(11-5-6-12-19)14-18(24)22(3)4/h7-10H,5-6,11-14H2,1-4H3,(H,20,23). The van der Waals surface area contributed by atoms with E-state index in [1.807, 2.05) is 43.3 Å². The van der Waals surface area contributed by atoms with Crippen LogP contribution < -0.4 is 10.2 Å². The lowest BCUT2D eigenvalue weighted by atomic mass is 9.78. The summed E-state index contributed by atoms with van der Waals surface area (Å²) in [6.07, 6.45) is 5.01. The van der Waals surface area contributed by atoms with Crippen molar-refractivity contribution in [3.63, 3.8) is 0 Å². The van der Waals surface area contributed by atoms with Crippen molar-refractivity contribution in [2.24, 2.45) is 5.41 Å². The molecule has 1 aromatic rings. The molecule has 24 heavy (non-hydrogen) atoms. The number of benzene rings is 1. The molecule has 0 saturated heterocycles. The lowest BCUT2D eigenvalue weighted by molar-refractivity contribution is -0.131. The molecule has 0 spiro atoms. The summed E-state index contributed by atoms with van der Waals surface area (Å²) in [6.45, 7) is 0. The van der Waals surface area contributed by atoms with E-state index in [-0.39, 0.29) is 17.2 Å². The lowest BCUT2D eigenvalue weighted by Crippen LogP contribution is -2.32. The molecule has 1 aliphatic carbocycles. The molecule has 1 aliphatic rings. The highest BCUT2D eigenvalue weighted by molar-refractivity contribution is 5.92. The quantitative estimate of drug-likeness (QED) is 0.871. The number of anilines is 2. The summed E-state index contributed by atoms with van der Waals surface area (Å²) in [4.78, 5) is 28.3. The maximum atomic E-state index is 12.5. The highest BCUT2D eigenvalue weighted by atomic mass is 16.2. The third kappa shape index (κ3) is 4.73. The predicted molar refractivity (Wildman–Crippen MR) is 98.2 cm³/mol. The van der Waals surface area contributed by atoms with Crippen LogP contribution in [0.15, 0.2) is 24.3 Å². The molecule has 1 N–H and O–H groups in total. The fraction of sp³-hybridized carbons (Fsp3) is 0.579. The zero-order chi connectivity index (χ0) is 17.7. The second-order valence-electron chi connectivity index (χ2n) is 7.34. The van der Waals surface area contributed by atoms with E-state index in [4.69, 9.17) is 0 Å². The van der Waals surface area contributed by atoms with Crippen LogP contribution in [0.3, 0.4) is 0 Å². The Morgan fingerprint density at radius 1 is 1.00 bits per heavy atom. The molecule has 0 bridgehead atoms. The van der Waals surface area contributed by atoms with Gasteiger partial charge in [0.25, 0.3) is 0 Å². The normalized spacial score (nSPS) is 15.8. The van der Waals surface area contributed by atoms with Gasteiger partial charge in [0, 0.05) is 52.4 Å². The first-order chi connectivity index (χ1) is 11.3. The second kappa shape index (κ2) is 7.69. The molecule has 0 radical (unpaired) electrons. The second-order valence-corrected chi connectivity index (χ2v) is 7.34.